The van der Waals surface area contributed by atoms with Crippen LogP contribution in [0.5, 0.6) is 11.5 Å². The van der Waals surface area contributed by atoms with Crippen LogP contribution in [-0.2, 0) is 11.2 Å². The lowest BCUT2D eigenvalue weighted by atomic mass is 10.1. The first-order valence-electron chi connectivity index (χ1n) is 7.45. The summed E-state index contributed by atoms with van der Waals surface area (Å²) in [4.78, 5) is 10.9. The van der Waals surface area contributed by atoms with Crippen molar-refractivity contribution in [1.82, 2.24) is 0 Å². The van der Waals surface area contributed by atoms with Crippen molar-refractivity contribution in [1.29, 1.82) is 0 Å². The Morgan fingerprint density at radius 1 is 1.17 bits per heavy atom. The zero-order valence-electron chi connectivity index (χ0n) is 13.1. The monoisotopic (exact) mass is 315 g/mol. The molecule has 3 N–H and O–H groups in total. The summed E-state index contributed by atoms with van der Waals surface area (Å²) in [5.41, 5.74) is 7.35. The summed E-state index contributed by atoms with van der Waals surface area (Å²) in [5, 5.41) is 8.95. The van der Waals surface area contributed by atoms with Gasteiger partial charge in [-0.1, -0.05) is 36.4 Å². The quantitative estimate of drug-likeness (QED) is 0.732. The molecule has 0 spiro atoms. The number of carbonyl (C=O) groups is 1. The van der Waals surface area contributed by atoms with Crippen LogP contribution in [0.1, 0.15) is 23.6 Å². The highest BCUT2D eigenvalue weighted by Crippen LogP contribution is 2.30. The molecule has 122 valence electrons. The Balaban J connectivity index is 1.93. The summed E-state index contributed by atoms with van der Waals surface area (Å²) in [6.07, 6.45) is 1.81. The van der Waals surface area contributed by atoms with Crippen molar-refractivity contribution in [3.8, 4) is 11.5 Å². The molecule has 1 unspecified atom stereocenters. The number of rotatable bonds is 8. The molecular weight excluding hydrogens is 294 g/mol. The van der Waals surface area contributed by atoms with Crippen molar-refractivity contribution in [2.75, 3.05) is 13.7 Å². The lowest BCUT2D eigenvalue weighted by Crippen LogP contribution is -2.20. The second-order valence-electron chi connectivity index (χ2n) is 5.16. The summed E-state index contributed by atoms with van der Waals surface area (Å²) in [6, 6.07) is 14.1. The van der Waals surface area contributed by atoms with Gasteiger partial charge in [0.25, 0.3) is 0 Å². The van der Waals surface area contributed by atoms with Crippen LogP contribution in [0.15, 0.2) is 48.5 Å². The van der Waals surface area contributed by atoms with Crippen LogP contribution in [0.3, 0.4) is 0 Å². The van der Waals surface area contributed by atoms with E-state index in [1.165, 1.54) is 12.7 Å². The number of carboxylic acid groups (broad SMARTS) is 1. The van der Waals surface area contributed by atoms with Gasteiger partial charge in [-0.25, -0.2) is 0 Å². The number of carboxylic acids is 1. The highest BCUT2D eigenvalue weighted by molar-refractivity contribution is 5.75. The minimum atomic E-state index is -1.08. The molecule has 2 rings (SSSR count). The van der Waals surface area contributed by atoms with Gasteiger partial charge in [-0.2, -0.15) is 0 Å². The third kappa shape index (κ3) is 4.72. The molecule has 0 fully saturated rings. The molecule has 0 aliphatic heterocycles. The van der Waals surface area contributed by atoms with Gasteiger partial charge in [-0.3, -0.25) is 4.79 Å². The average Bonchev–Trinajstić information content (AvgIpc) is 2.59. The molecule has 1 atom stereocenters. The molecule has 2 aromatic carbocycles. The van der Waals surface area contributed by atoms with Crippen molar-refractivity contribution < 1.29 is 19.4 Å². The van der Waals surface area contributed by atoms with Gasteiger partial charge in [0.1, 0.15) is 6.04 Å². The fourth-order valence-corrected chi connectivity index (χ4v) is 2.24. The summed E-state index contributed by atoms with van der Waals surface area (Å²) < 4.78 is 11.0. The minimum absolute atomic E-state index is 0.478. The number of aryl methyl sites for hydroxylation is 1. The second kappa shape index (κ2) is 8.19. The minimum Gasteiger partial charge on any atom is -0.493 e. The largest absolute Gasteiger partial charge is 0.493 e. The van der Waals surface area contributed by atoms with Crippen LogP contribution in [0.4, 0.5) is 0 Å². The maximum Gasteiger partial charge on any atom is 0.325 e. The molecule has 0 saturated heterocycles. The van der Waals surface area contributed by atoms with E-state index in [4.69, 9.17) is 20.3 Å². The van der Waals surface area contributed by atoms with E-state index in [9.17, 15) is 4.79 Å². The maximum atomic E-state index is 10.9. The summed E-state index contributed by atoms with van der Waals surface area (Å²) in [5.74, 6) is -0.00982. The van der Waals surface area contributed by atoms with Gasteiger partial charge in [0.2, 0.25) is 0 Å². The number of hydrogen-bond acceptors (Lipinski definition) is 4. The molecule has 5 nitrogen and oxygen atoms in total. The van der Waals surface area contributed by atoms with E-state index in [0.717, 1.165) is 12.8 Å². The standard InChI is InChI=1S/C18H21NO4/c1-22-16-12-14(17(19)18(20)21)9-10-15(16)23-11-5-8-13-6-3-2-4-7-13/h2-4,6-7,9-10,12,17H,5,8,11,19H2,1H3,(H,20,21). The zero-order chi connectivity index (χ0) is 16.7. The molecule has 0 heterocycles. The molecule has 0 bridgehead atoms. The van der Waals surface area contributed by atoms with Crippen LogP contribution in [0.25, 0.3) is 0 Å². The molecule has 0 saturated carbocycles. The third-order valence-corrected chi connectivity index (χ3v) is 3.52. The van der Waals surface area contributed by atoms with E-state index in [1.54, 1.807) is 18.2 Å². The third-order valence-electron chi connectivity index (χ3n) is 3.52. The predicted molar refractivity (Wildman–Crippen MR) is 87.8 cm³/mol. The zero-order valence-corrected chi connectivity index (χ0v) is 13.1. The van der Waals surface area contributed by atoms with Gasteiger partial charge >= 0.3 is 5.97 Å². The van der Waals surface area contributed by atoms with E-state index in [-0.39, 0.29) is 0 Å². The number of hydrogen-bond donors (Lipinski definition) is 2. The van der Waals surface area contributed by atoms with Crippen LogP contribution in [-0.4, -0.2) is 24.8 Å². The molecule has 0 amide bonds. The van der Waals surface area contributed by atoms with Gasteiger partial charge < -0.3 is 20.3 Å². The predicted octanol–water partition coefficient (Wildman–Crippen LogP) is 2.79. The molecule has 0 aliphatic rings. The molecule has 23 heavy (non-hydrogen) atoms. The highest BCUT2D eigenvalue weighted by Gasteiger charge is 2.16. The normalized spacial score (nSPS) is 11.7. The molecule has 0 aromatic heterocycles. The van der Waals surface area contributed by atoms with Crippen LogP contribution in [0.2, 0.25) is 0 Å². The van der Waals surface area contributed by atoms with Crippen molar-refractivity contribution in [2.24, 2.45) is 5.73 Å². The van der Waals surface area contributed by atoms with Crippen LogP contribution in [0, 0.1) is 0 Å². The van der Waals surface area contributed by atoms with Crippen molar-refractivity contribution in [3.63, 3.8) is 0 Å². The molecule has 5 heteroatoms. The van der Waals surface area contributed by atoms with E-state index in [0.29, 0.717) is 23.7 Å². The van der Waals surface area contributed by atoms with Gasteiger partial charge in [-0.05, 0) is 36.1 Å². The number of nitrogens with two attached hydrogens (primary N) is 1. The first-order valence-corrected chi connectivity index (χ1v) is 7.45. The van der Waals surface area contributed by atoms with Gasteiger partial charge in [0.05, 0.1) is 13.7 Å². The van der Waals surface area contributed by atoms with Crippen LogP contribution < -0.4 is 15.2 Å². The van der Waals surface area contributed by atoms with Crippen molar-refractivity contribution >= 4 is 5.97 Å². The Labute approximate surface area is 135 Å². The van der Waals surface area contributed by atoms with E-state index in [2.05, 4.69) is 12.1 Å². The lowest BCUT2D eigenvalue weighted by molar-refractivity contribution is -0.138. The van der Waals surface area contributed by atoms with Gasteiger partial charge in [0.15, 0.2) is 11.5 Å². The summed E-state index contributed by atoms with van der Waals surface area (Å²) in [7, 11) is 1.52. The SMILES string of the molecule is COc1cc(C(N)C(=O)O)ccc1OCCCc1ccccc1. The Morgan fingerprint density at radius 3 is 2.57 bits per heavy atom. The smallest absolute Gasteiger partial charge is 0.325 e. The molecular formula is C18H21NO4. The molecule has 0 aliphatic carbocycles. The van der Waals surface area contributed by atoms with Crippen LogP contribution >= 0.6 is 0 Å². The van der Waals surface area contributed by atoms with Gasteiger partial charge in [-0.15, -0.1) is 0 Å². The lowest BCUT2D eigenvalue weighted by Gasteiger charge is -2.14. The number of methoxy groups -OCH3 is 1. The summed E-state index contributed by atoms with van der Waals surface area (Å²) in [6.45, 7) is 0.551. The molecule has 0 radical (unpaired) electrons. The molecule has 2 aromatic rings. The summed E-state index contributed by atoms with van der Waals surface area (Å²) >= 11 is 0. The highest BCUT2D eigenvalue weighted by atomic mass is 16.5. The van der Waals surface area contributed by atoms with Crippen molar-refractivity contribution in [2.45, 2.75) is 18.9 Å². The van der Waals surface area contributed by atoms with Crippen molar-refractivity contribution in [3.05, 3.63) is 59.7 Å². The second-order valence-corrected chi connectivity index (χ2v) is 5.16. The Morgan fingerprint density at radius 2 is 1.91 bits per heavy atom. The number of ether oxygens (including phenoxy) is 2. The fourth-order valence-electron chi connectivity index (χ4n) is 2.24. The maximum absolute atomic E-state index is 10.9. The number of benzene rings is 2. The Kier molecular flexibility index (Phi) is 6.00. The number of aliphatic carboxylic acids is 1. The fraction of sp³-hybridized carbons (Fsp3) is 0.278. The van der Waals surface area contributed by atoms with E-state index in [1.807, 2.05) is 18.2 Å². The Hall–Kier alpha value is -2.53. The van der Waals surface area contributed by atoms with E-state index < -0.39 is 12.0 Å². The van der Waals surface area contributed by atoms with Gasteiger partial charge in [0, 0.05) is 0 Å². The topological polar surface area (TPSA) is 81.8 Å². The Bertz CT molecular complexity index is 643. The average molecular weight is 315 g/mol. The first-order chi connectivity index (χ1) is 11.1. The van der Waals surface area contributed by atoms with E-state index >= 15 is 0 Å². The first kappa shape index (κ1) is 16.8.